The monoisotopic (exact) mass is 308 g/mol. The highest BCUT2D eigenvalue weighted by Crippen LogP contribution is 2.62. The SMILES string of the molecule is O=[N+]([O-])N(Cl)C12C[C@H]3C[C@@H](CC(Br)(C3)C1)C2. The second-order valence-electron chi connectivity index (χ2n) is 5.83. The molecule has 4 bridgehead atoms. The average molecular weight is 310 g/mol. The van der Waals surface area contributed by atoms with Gasteiger partial charge in [0.05, 0.1) is 11.8 Å². The zero-order valence-corrected chi connectivity index (χ0v) is 11.2. The van der Waals surface area contributed by atoms with Crippen LogP contribution in [0.5, 0.6) is 0 Å². The van der Waals surface area contributed by atoms with Crippen molar-refractivity contribution in [3.8, 4) is 0 Å². The number of hydrazine groups is 1. The molecule has 0 aromatic carbocycles. The highest BCUT2D eigenvalue weighted by Gasteiger charge is 2.62. The lowest BCUT2D eigenvalue weighted by Gasteiger charge is -2.59. The van der Waals surface area contributed by atoms with Gasteiger partial charge in [0, 0.05) is 4.32 Å². The van der Waals surface area contributed by atoms with Gasteiger partial charge in [-0.15, -0.1) is 0 Å². The highest BCUT2D eigenvalue weighted by molar-refractivity contribution is 9.10. The Morgan fingerprint density at radius 2 is 1.88 bits per heavy atom. The molecular weight excluding hydrogens is 295 g/mol. The summed E-state index contributed by atoms with van der Waals surface area (Å²) < 4.78 is 0.987. The molecule has 0 heterocycles. The van der Waals surface area contributed by atoms with Gasteiger partial charge < -0.3 is 0 Å². The molecule has 4 aliphatic rings. The molecule has 0 amide bonds. The molecule has 16 heavy (non-hydrogen) atoms. The standard InChI is InChI=1S/C10H14BrClN2O2/c11-9-2-7-1-8(3-9)5-10(4-7,6-9)13(12)14(15)16/h7-8H,1-6H2/t7-,8-,9?,10?/m0/s1. The summed E-state index contributed by atoms with van der Waals surface area (Å²) in [5, 5.41) is 10.5. The first-order valence-electron chi connectivity index (χ1n) is 5.72. The van der Waals surface area contributed by atoms with Gasteiger partial charge in [0.15, 0.2) is 5.03 Å². The molecule has 0 spiro atoms. The van der Waals surface area contributed by atoms with Gasteiger partial charge >= 0.3 is 0 Å². The molecular formula is C10H14BrClN2O2. The maximum atomic E-state index is 10.9. The Balaban J connectivity index is 1.94. The fraction of sp³-hybridized carbons (Fsp3) is 1.00. The van der Waals surface area contributed by atoms with Crippen LogP contribution in [-0.4, -0.2) is 19.4 Å². The van der Waals surface area contributed by atoms with Crippen LogP contribution in [0.4, 0.5) is 0 Å². The average Bonchev–Trinajstić information content (AvgIpc) is 2.12. The summed E-state index contributed by atoms with van der Waals surface area (Å²) >= 11 is 9.71. The molecule has 4 nitrogen and oxygen atoms in total. The van der Waals surface area contributed by atoms with Gasteiger partial charge in [-0.25, -0.2) is 10.1 Å². The topological polar surface area (TPSA) is 46.4 Å². The van der Waals surface area contributed by atoms with Crippen LogP contribution in [0.1, 0.15) is 38.5 Å². The first kappa shape index (κ1) is 11.1. The van der Waals surface area contributed by atoms with E-state index in [4.69, 9.17) is 11.8 Å². The maximum absolute atomic E-state index is 10.9. The van der Waals surface area contributed by atoms with Crippen molar-refractivity contribution in [2.24, 2.45) is 11.8 Å². The van der Waals surface area contributed by atoms with E-state index in [0.29, 0.717) is 11.8 Å². The second kappa shape index (κ2) is 3.25. The normalized spacial score (nSPS) is 49.4. The van der Waals surface area contributed by atoms with Crippen LogP contribution in [0, 0.1) is 22.0 Å². The predicted molar refractivity (Wildman–Crippen MR) is 63.8 cm³/mol. The molecule has 4 aliphatic carbocycles. The molecule has 0 saturated heterocycles. The van der Waals surface area contributed by atoms with Crippen LogP contribution in [-0.2, 0) is 0 Å². The molecule has 0 radical (unpaired) electrons. The molecule has 2 atom stereocenters. The van der Waals surface area contributed by atoms with E-state index in [1.165, 1.54) is 6.42 Å². The van der Waals surface area contributed by atoms with Crippen LogP contribution in [0.25, 0.3) is 0 Å². The largest absolute Gasteiger partial charge is 0.234 e. The first-order chi connectivity index (χ1) is 7.42. The van der Waals surface area contributed by atoms with Crippen LogP contribution in [0.15, 0.2) is 0 Å². The number of halogens is 2. The zero-order chi connectivity index (χ0) is 11.6. The Kier molecular flexibility index (Phi) is 2.25. The zero-order valence-electron chi connectivity index (χ0n) is 8.86. The summed E-state index contributed by atoms with van der Waals surface area (Å²) in [6, 6.07) is 0. The molecule has 0 aliphatic heterocycles. The minimum Gasteiger partial charge on any atom is -0.234 e. The van der Waals surface area contributed by atoms with Crippen molar-refractivity contribution in [2.45, 2.75) is 48.4 Å². The van der Waals surface area contributed by atoms with Crippen LogP contribution < -0.4 is 0 Å². The van der Waals surface area contributed by atoms with Crippen molar-refractivity contribution < 1.29 is 5.03 Å². The third-order valence-corrected chi connectivity index (χ3v) is 5.90. The molecule has 4 saturated carbocycles. The third kappa shape index (κ3) is 1.47. The summed E-state index contributed by atoms with van der Waals surface area (Å²) in [5.74, 6) is 1.23. The number of nitro groups is 1. The molecule has 4 fully saturated rings. The Morgan fingerprint density at radius 3 is 2.31 bits per heavy atom. The molecule has 6 heteroatoms. The molecule has 0 aromatic heterocycles. The van der Waals surface area contributed by atoms with E-state index in [0.717, 1.165) is 36.6 Å². The van der Waals surface area contributed by atoms with E-state index in [1.807, 2.05) is 0 Å². The van der Waals surface area contributed by atoms with E-state index in [9.17, 15) is 10.1 Å². The summed E-state index contributed by atoms with van der Waals surface area (Å²) in [5.41, 5.74) is -0.404. The molecule has 0 N–H and O–H groups in total. The predicted octanol–water partition coefficient (Wildman–Crippen LogP) is 3.12. The Morgan fingerprint density at radius 1 is 1.31 bits per heavy atom. The number of hydrogen-bond donors (Lipinski definition) is 0. The quantitative estimate of drug-likeness (QED) is 0.341. The Bertz CT molecular complexity index is 338. The van der Waals surface area contributed by atoms with E-state index < -0.39 is 10.6 Å². The Hall–Kier alpha value is -0.0300. The smallest absolute Gasteiger partial charge is 0.177 e. The molecule has 4 rings (SSSR count). The highest BCUT2D eigenvalue weighted by atomic mass is 79.9. The lowest BCUT2D eigenvalue weighted by atomic mass is 9.53. The van der Waals surface area contributed by atoms with Gasteiger partial charge in [-0.3, -0.25) is 0 Å². The molecule has 0 aromatic rings. The van der Waals surface area contributed by atoms with Crippen molar-refractivity contribution >= 4 is 27.7 Å². The fourth-order valence-electron chi connectivity index (χ4n) is 4.49. The number of nitrogens with zero attached hydrogens (tertiary/aromatic N) is 2. The van der Waals surface area contributed by atoms with Crippen molar-refractivity contribution in [2.75, 3.05) is 0 Å². The van der Waals surface area contributed by atoms with Crippen molar-refractivity contribution in [3.63, 3.8) is 0 Å². The first-order valence-corrected chi connectivity index (χ1v) is 6.85. The summed E-state index contributed by atoms with van der Waals surface area (Å²) in [7, 11) is 0. The van der Waals surface area contributed by atoms with Crippen LogP contribution in [0.2, 0.25) is 0 Å². The van der Waals surface area contributed by atoms with Crippen molar-refractivity contribution in [3.05, 3.63) is 10.1 Å². The van der Waals surface area contributed by atoms with Gasteiger partial charge in [0.2, 0.25) is 0 Å². The second-order valence-corrected chi connectivity index (χ2v) is 7.84. The van der Waals surface area contributed by atoms with Gasteiger partial charge in [0.25, 0.3) is 0 Å². The maximum Gasteiger partial charge on any atom is 0.177 e. The van der Waals surface area contributed by atoms with Gasteiger partial charge in [-0.2, -0.15) is 0 Å². The molecule has 90 valence electrons. The van der Waals surface area contributed by atoms with E-state index >= 15 is 0 Å². The van der Waals surface area contributed by atoms with E-state index in [1.54, 1.807) is 0 Å². The minimum absolute atomic E-state index is 0.111. The lowest BCUT2D eigenvalue weighted by Crippen LogP contribution is -2.62. The fourth-order valence-corrected chi connectivity index (χ4v) is 6.13. The van der Waals surface area contributed by atoms with E-state index in [2.05, 4.69) is 15.9 Å². The summed E-state index contributed by atoms with van der Waals surface area (Å²) in [6.45, 7) is 0. The summed E-state index contributed by atoms with van der Waals surface area (Å²) in [4.78, 5) is 10.9. The molecule has 0 unspecified atom stereocenters. The Labute approximate surface area is 108 Å². The van der Waals surface area contributed by atoms with Gasteiger partial charge in [-0.1, -0.05) is 15.9 Å². The van der Waals surface area contributed by atoms with E-state index in [-0.39, 0.29) is 4.32 Å². The van der Waals surface area contributed by atoms with Crippen molar-refractivity contribution in [1.82, 2.24) is 4.53 Å². The minimum atomic E-state index is -0.453. The lowest BCUT2D eigenvalue weighted by molar-refractivity contribution is -0.644. The van der Waals surface area contributed by atoms with Crippen molar-refractivity contribution in [1.29, 1.82) is 0 Å². The van der Waals surface area contributed by atoms with Gasteiger partial charge in [-0.05, 0) is 54.9 Å². The number of rotatable bonds is 2. The number of alkyl halides is 1. The van der Waals surface area contributed by atoms with Gasteiger partial charge in [0.1, 0.15) is 5.54 Å². The summed E-state index contributed by atoms with van der Waals surface area (Å²) in [6.07, 6.45) is 6.15. The van der Waals surface area contributed by atoms with Crippen LogP contribution in [0.3, 0.4) is 0 Å². The van der Waals surface area contributed by atoms with Crippen LogP contribution >= 0.6 is 27.7 Å². The number of hydrogen-bond acceptors (Lipinski definition) is 2. The third-order valence-electron chi connectivity index (χ3n) is 4.49.